The number of rotatable bonds is 5. The maximum atomic E-state index is 12.3. The highest BCUT2D eigenvalue weighted by atomic mass is 35.5. The molecule has 9 nitrogen and oxygen atoms in total. The molecule has 0 unspecified atom stereocenters. The molecule has 2 rings (SSSR count). The van der Waals surface area contributed by atoms with Crippen molar-refractivity contribution in [1.82, 2.24) is 9.97 Å². The third-order valence-electron chi connectivity index (χ3n) is 2.94. The van der Waals surface area contributed by atoms with E-state index in [0.717, 1.165) is 6.20 Å². The van der Waals surface area contributed by atoms with Crippen molar-refractivity contribution in [3.05, 3.63) is 51.3 Å². The zero-order chi connectivity index (χ0) is 17.9. The van der Waals surface area contributed by atoms with Crippen LogP contribution in [0, 0.1) is 10.1 Å². The van der Waals surface area contributed by atoms with Crippen molar-refractivity contribution in [1.29, 1.82) is 0 Å². The second-order valence-corrected chi connectivity index (χ2v) is 7.06. The fourth-order valence-corrected chi connectivity index (χ4v) is 2.59. The predicted molar refractivity (Wildman–Crippen MR) is 85.8 cm³/mol. The van der Waals surface area contributed by atoms with Crippen molar-refractivity contribution in [3.8, 4) is 0 Å². The summed E-state index contributed by atoms with van der Waals surface area (Å²) in [6.07, 6.45) is 0.991. The van der Waals surface area contributed by atoms with Crippen molar-refractivity contribution in [3.63, 3.8) is 0 Å². The molecule has 24 heavy (non-hydrogen) atoms. The lowest BCUT2D eigenvalue weighted by Gasteiger charge is -2.07. The summed E-state index contributed by atoms with van der Waals surface area (Å²) in [6, 6.07) is 5.48. The molecule has 0 spiro atoms. The summed E-state index contributed by atoms with van der Waals surface area (Å²) in [5.74, 6) is -1.14. The van der Waals surface area contributed by atoms with E-state index in [1.807, 2.05) is 0 Å². The van der Waals surface area contributed by atoms with Crippen LogP contribution >= 0.6 is 11.6 Å². The minimum absolute atomic E-state index is 0.0675. The first-order valence-corrected chi connectivity index (χ1v) is 8.59. The van der Waals surface area contributed by atoms with Crippen LogP contribution in [-0.2, 0) is 9.84 Å². The van der Waals surface area contributed by atoms with Gasteiger partial charge in [-0.2, -0.15) is 0 Å². The van der Waals surface area contributed by atoms with Gasteiger partial charge in [0.05, 0.1) is 21.9 Å². The predicted octanol–water partition coefficient (Wildman–Crippen LogP) is 2.08. The Morgan fingerprint density at radius 1 is 1.38 bits per heavy atom. The molecular weight excluding hydrogens is 360 g/mol. The molecule has 126 valence electrons. The molecule has 0 radical (unpaired) electrons. The van der Waals surface area contributed by atoms with Gasteiger partial charge in [0, 0.05) is 6.07 Å². The third-order valence-corrected chi connectivity index (χ3v) is 4.73. The first-order chi connectivity index (χ1) is 11.3. The Morgan fingerprint density at radius 3 is 2.67 bits per heavy atom. The number of nitro groups is 1. The van der Waals surface area contributed by atoms with E-state index >= 15 is 0 Å². The number of nitrogens with one attached hydrogen (secondary N) is 1. The van der Waals surface area contributed by atoms with Crippen molar-refractivity contribution >= 4 is 38.7 Å². The summed E-state index contributed by atoms with van der Waals surface area (Å²) in [4.78, 5) is 29.8. The molecule has 11 heteroatoms. The molecule has 0 saturated carbocycles. The van der Waals surface area contributed by atoms with E-state index in [0.29, 0.717) is 0 Å². The SMILES string of the molecule is CCS(=O)(=O)c1ncc(Cl)c(C(=O)Nc2ccccc2[N+](=O)[O-])n1. The normalized spacial score (nSPS) is 11.1. The van der Waals surface area contributed by atoms with Crippen LogP contribution in [0.5, 0.6) is 0 Å². The maximum absolute atomic E-state index is 12.3. The van der Waals surface area contributed by atoms with Gasteiger partial charge in [-0.05, 0) is 6.07 Å². The number of carbonyl (C=O) groups is 1. The highest BCUT2D eigenvalue weighted by molar-refractivity contribution is 7.91. The number of nitro benzene ring substituents is 1. The van der Waals surface area contributed by atoms with Crippen LogP contribution in [0.25, 0.3) is 0 Å². The average molecular weight is 371 g/mol. The summed E-state index contributed by atoms with van der Waals surface area (Å²) in [6.45, 7) is 1.40. The number of nitrogens with zero attached hydrogens (tertiary/aromatic N) is 3. The molecule has 0 aliphatic rings. The van der Waals surface area contributed by atoms with Gasteiger partial charge < -0.3 is 5.32 Å². The largest absolute Gasteiger partial charge is 0.315 e. The number of benzene rings is 1. The molecule has 0 aliphatic heterocycles. The zero-order valence-corrected chi connectivity index (χ0v) is 13.8. The molecule has 0 saturated heterocycles. The van der Waals surface area contributed by atoms with E-state index in [1.165, 1.54) is 31.2 Å². The number of anilines is 1. The van der Waals surface area contributed by atoms with E-state index in [4.69, 9.17) is 11.6 Å². The van der Waals surface area contributed by atoms with E-state index in [9.17, 15) is 23.3 Å². The van der Waals surface area contributed by atoms with Crippen molar-refractivity contribution in [2.45, 2.75) is 12.1 Å². The fourth-order valence-electron chi connectivity index (χ4n) is 1.71. The Labute approximate surface area is 141 Å². The lowest BCUT2D eigenvalue weighted by Crippen LogP contribution is -2.18. The molecule has 2 aromatic rings. The summed E-state index contributed by atoms with van der Waals surface area (Å²) in [5.41, 5.74) is -0.781. The molecule has 1 N–H and O–H groups in total. The Hall–Kier alpha value is -2.59. The molecule has 1 aromatic heterocycles. The number of para-hydroxylation sites is 2. The molecular formula is C13H11ClN4O5S. The van der Waals surface area contributed by atoms with Gasteiger partial charge in [0.1, 0.15) is 5.69 Å². The monoisotopic (exact) mass is 370 g/mol. The fraction of sp³-hybridized carbons (Fsp3) is 0.154. The first kappa shape index (κ1) is 17.8. The third kappa shape index (κ3) is 3.66. The highest BCUT2D eigenvalue weighted by Gasteiger charge is 2.22. The van der Waals surface area contributed by atoms with Crippen LogP contribution in [0.4, 0.5) is 11.4 Å². The Bertz CT molecular complexity index is 916. The molecule has 1 heterocycles. The summed E-state index contributed by atoms with van der Waals surface area (Å²) in [7, 11) is -3.73. The summed E-state index contributed by atoms with van der Waals surface area (Å²) in [5, 5.41) is 12.5. The van der Waals surface area contributed by atoms with Gasteiger partial charge in [0.25, 0.3) is 11.6 Å². The van der Waals surface area contributed by atoms with E-state index in [1.54, 1.807) is 0 Å². The van der Waals surface area contributed by atoms with Gasteiger partial charge in [-0.15, -0.1) is 0 Å². The van der Waals surface area contributed by atoms with Crippen LogP contribution in [0.1, 0.15) is 17.4 Å². The number of aromatic nitrogens is 2. The zero-order valence-electron chi connectivity index (χ0n) is 12.3. The van der Waals surface area contributed by atoms with Crippen molar-refractivity contribution in [2.24, 2.45) is 0 Å². The van der Waals surface area contributed by atoms with E-state index in [-0.39, 0.29) is 22.2 Å². The Morgan fingerprint density at radius 2 is 2.04 bits per heavy atom. The molecule has 1 aromatic carbocycles. The number of sulfone groups is 1. The molecule has 1 amide bonds. The van der Waals surface area contributed by atoms with Gasteiger partial charge in [0.15, 0.2) is 5.69 Å². The van der Waals surface area contributed by atoms with Gasteiger partial charge in [-0.3, -0.25) is 14.9 Å². The smallest absolute Gasteiger partial charge is 0.292 e. The molecule has 0 fully saturated rings. The molecule has 0 atom stereocenters. The Balaban J connectivity index is 2.41. The van der Waals surface area contributed by atoms with Crippen molar-refractivity contribution in [2.75, 3.05) is 11.1 Å². The van der Waals surface area contributed by atoms with E-state index < -0.39 is 31.5 Å². The standard InChI is InChI=1S/C13H11ClN4O5S/c1-2-24(22,23)13-15-7-8(14)11(17-13)12(19)16-9-5-3-4-6-10(9)18(20)21/h3-7H,2H2,1H3,(H,16,19). The van der Waals surface area contributed by atoms with Crippen LogP contribution < -0.4 is 5.32 Å². The summed E-state index contributed by atoms with van der Waals surface area (Å²) >= 11 is 5.84. The quantitative estimate of drug-likeness (QED) is 0.484. The number of halogens is 1. The lowest BCUT2D eigenvalue weighted by atomic mass is 10.2. The second kappa shape index (κ2) is 6.89. The Kier molecular flexibility index (Phi) is 5.10. The van der Waals surface area contributed by atoms with E-state index in [2.05, 4.69) is 15.3 Å². The highest BCUT2D eigenvalue weighted by Crippen LogP contribution is 2.24. The average Bonchev–Trinajstić information content (AvgIpc) is 2.55. The lowest BCUT2D eigenvalue weighted by molar-refractivity contribution is -0.383. The van der Waals surface area contributed by atoms with Crippen LogP contribution in [0.15, 0.2) is 35.6 Å². The van der Waals surface area contributed by atoms with Gasteiger partial charge >= 0.3 is 0 Å². The van der Waals surface area contributed by atoms with Crippen LogP contribution in [0.3, 0.4) is 0 Å². The van der Waals surface area contributed by atoms with Crippen LogP contribution in [0.2, 0.25) is 5.02 Å². The first-order valence-electron chi connectivity index (χ1n) is 6.56. The van der Waals surface area contributed by atoms with Gasteiger partial charge in [-0.1, -0.05) is 30.7 Å². The minimum atomic E-state index is -3.73. The summed E-state index contributed by atoms with van der Waals surface area (Å²) < 4.78 is 23.6. The molecule has 0 aliphatic carbocycles. The van der Waals surface area contributed by atoms with Crippen LogP contribution in [-0.4, -0.2) is 35.0 Å². The van der Waals surface area contributed by atoms with Gasteiger partial charge in [0.2, 0.25) is 15.0 Å². The second-order valence-electron chi connectivity index (χ2n) is 4.48. The van der Waals surface area contributed by atoms with Gasteiger partial charge in [-0.25, -0.2) is 18.4 Å². The maximum Gasteiger partial charge on any atom is 0.292 e. The number of hydrogen-bond donors (Lipinski definition) is 1. The topological polar surface area (TPSA) is 132 Å². The van der Waals surface area contributed by atoms with Crippen molar-refractivity contribution < 1.29 is 18.1 Å². The minimum Gasteiger partial charge on any atom is -0.315 e. The number of hydrogen-bond acceptors (Lipinski definition) is 7. The molecule has 0 bridgehead atoms. The number of carbonyl (C=O) groups excluding carboxylic acids is 1. The number of amides is 1.